The zero-order valence-electron chi connectivity index (χ0n) is 13.7. The van der Waals surface area contributed by atoms with Crippen LogP contribution in [0.4, 0.5) is 0 Å². The van der Waals surface area contributed by atoms with Crippen LogP contribution in [-0.4, -0.2) is 44.4 Å². The highest BCUT2D eigenvalue weighted by Crippen LogP contribution is 2.37. The second-order valence-corrected chi connectivity index (χ2v) is 5.82. The van der Waals surface area contributed by atoms with Gasteiger partial charge in [0.2, 0.25) is 5.91 Å². The second-order valence-electron chi connectivity index (χ2n) is 5.82. The van der Waals surface area contributed by atoms with E-state index in [4.69, 9.17) is 15.2 Å². The van der Waals surface area contributed by atoms with Crippen molar-refractivity contribution in [3.05, 3.63) is 0 Å². The van der Waals surface area contributed by atoms with Gasteiger partial charge in [-0.25, -0.2) is 0 Å². The summed E-state index contributed by atoms with van der Waals surface area (Å²) in [6.07, 6.45) is 6.09. The largest absolute Gasteiger partial charge is 0.379 e. The molecule has 1 amide bonds. The summed E-state index contributed by atoms with van der Waals surface area (Å²) >= 11 is 0. The van der Waals surface area contributed by atoms with Crippen molar-refractivity contribution >= 4 is 5.91 Å². The molecule has 0 aromatic rings. The quantitative estimate of drug-likeness (QED) is 0.539. The number of nitrogens with one attached hydrogen (secondary N) is 1. The summed E-state index contributed by atoms with van der Waals surface area (Å²) in [7, 11) is 0. The van der Waals surface area contributed by atoms with E-state index in [9.17, 15) is 4.79 Å². The fourth-order valence-electron chi connectivity index (χ4n) is 3.22. The van der Waals surface area contributed by atoms with E-state index in [1.54, 1.807) is 0 Å². The molecule has 2 unspecified atom stereocenters. The summed E-state index contributed by atoms with van der Waals surface area (Å²) < 4.78 is 11.1. The van der Waals surface area contributed by atoms with Gasteiger partial charge in [0, 0.05) is 13.2 Å². The molecule has 1 rings (SSSR count). The fourth-order valence-corrected chi connectivity index (χ4v) is 3.22. The maximum absolute atomic E-state index is 11.9. The van der Waals surface area contributed by atoms with Crippen molar-refractivity contribution < 1.29 is 14.3 Å². The zero-order chi connectivity index (χ0) is 15.6. The molecular weight excluding hydrogens is 268 g/mol. The summed E-state index contributed by atoms with van der Waals surface area (Å²) in [5.41, 5.74) is 5.13. The number of hydrogen-bond acceptors (Lipinski definition) is 4. The molecule has 0 saturated heterocycles. The van der Waals surface area contributed by atoms with Crippen LogP contribution in [0, 0.1) is 5.92 Å². The summed E-state index contributed by atoms with van der Waals surface area (Å²) in [6.45, 7) is 7.70. The van der Waals surface area contributed by atoms with Gasteiger partial charge in [0.1, 0.15) is 5.54 Å². The monoisotopic (exact) mass is 300 g/mol. The fraction of sp³-hybridized carbons (Fsp3) is 0.938. The van der Waals surface area contributed by atoms with E-state index >= 15 is 0 Å². The van der Waals surface area contributed by atoms with Crippen molar-refractivity contribution in [2.75, 3.05) is 33.0 Å². The Morgan fingerprint density at radius 3 is 2.57 bits per heavy atom. The number of nitrogens with two attached hydrogens (primary N) is 1. The lowest BCUT2D eigenvalue weighted by Gasteiger charge is -2.33. The summed E-state index contributed by atoms with van der Waals surface area (Å²) in [6, 6.07) is 0. The molecule has 5 nitrogen and oxygen atoms in total. The minimum atomic E-state index is -0.518. The summed E-state index contributed by atoms with van der Waals surface area (Å²) in [5.74, 6) is 0.0747. The van der Waals surface area contributed by atoms with E-state index in [1.165, 1.54) is 0 Å². The van der Waals surface area contributed by atoms with E-state index in [1.807, 2.05) is 6.92 Å². The van der Waals surface area contributed by atoms with Gasteiger partial charge in [-0.2, -0.15) is 0 Å². The van der Waals surface area contributed by atoms with Crippen LogP contribution in [0.3, 0.4) is 0 Å². The smallest absolute Gasteiger partial charge is 0.238 e. The molecule has 5 heteroatoms. The molecule has 124 valence electrons. The zero-order valence-corrected chi connectivity index (χ0v) is 13.7. The lowest BCUT2D eigenvalue weighted by atomic mass is 9.84. The van der Waals surface area contributed by atoms with Crippen LogP contribution >= 0.6 is 0 Å². The Morgan fingerprint density at radius 2 is 1.95 bits per heavy atom. The molecule has 0 aliphatic heterocycles. The van der Waals surface area contributed by atoms with Gasteiger partial charge in [0.15, 0.2) is 0 Å². The van der Waals surface area contributed by atoms with E-state index < -0.39 is 5.54 Å². The molecule has 21 heavy (non-hydrogen) atoms. The molecular formula is C16H32N2O3. The van der Waals surface area contributed by atoms with Crippen LogP contribution < -0.4 is 11.1 Å². The second kappa shape index (κ2) is 10.1. The van der Waals surface area contributed by atoms with Crippen molar-refractivity contribution in [1.82, 2.24) is 5.32 Å². The molecule has 0 radical (unpaired) electrons. The van der Waals surface area contributed by atoms with Crippen LogP contribution in [0.15, 0.2) is 0 Å². The number of ether oxygens (including phenoxy) is 2. The van der Waals surface area contributed by atoms with Gasteiger partial charge in [-0.3, -0.25) is 4.79 Å². The van der Waals surface area contributed by atoms with Crippen molar-refractivity contribution in [3.63, 3.8) is 0 Å². The van der Waals surface area contributed by atoms with Gasteiger partial charge < -0.3 is 20.5 Å². The number of rotatable bonds is 12. The minimum Gasteiger partial charge on any atom is -0.379 e. The summed E-state index contributed by atoms with van der Waals surface area (Å²) in [5, 5.41) is 3.33. The third-order valence-electron chi connectivity index (χ3n) is 4.38. The van der Waals surface area contributed by atoms with Crippen molar-refractivity contribution in [2.45, 2.75) is 57.9 Å². The van der Waals surface area contributed by atoms with Gasteiger partial charge in [-0.1, -0.05) is 26.7 Å². The molecule has 0 heterocycles. The predicted molar refractivity (Wildman–Crippen MR) is 84.1 cm³/mol. The van der Waals surface area contributed by atoms with Gasteiger partial charge in [0.25, 0.3) is 0 Å². The number of hydrogen-bond donors (Lipinski definition) is 2. The van der Waals surface area contributed by atoms with Crippen LogP contribution in [-0.2, 0) is 14.3 Å². The molecule has 1 aliphatic carbocycles. The molecule has 2 atom stereocenters. The number of carbonyl (C=O) groups excluding carboxylic acids is 1. The average molecular weight is 300 g/mol. The number of primary amides is 1. The van der Waals surface area contributed by atoms with E-state index in [0.29, 0.717) is 19.8 Å². The topological polar surface area (TPSA) is 73.6 Å². The Labute approximate surface area is 128 Å². The van der Waals surface area contributed by atoms with E-state index in [0.717, 1.165) is 51.7 Å². The van der Waals surface area contributed by atoms with Crippen LogP contribution in [0.5, 0.6) is 0 Å². The molecule has 1 fully saturated rings. The Balaban J connectivity index is 2.22. The molecule has 1 saturated carbocycles. The number of likely N-dealkylation sites (N-methyl/N-ethyl adjacent to an activating group) is 1. The Kier molecular flexibility index (Phi) is 8.88. The highest BCUT2D eigenvalue weighted by molar-refractivity contribution is 5.85. The van der Waals surface area contributed by atoms with Gasteiger partial charge >= 0.3 is 0 Å². The molecule has 3 N–H and O–H groups in total. The van der Waals surface area contributed by atoms with Crippen molar-refractivity contribution in [1.29, 1.82) is 0 Å². The van der Waals surface area contributed by atoms with Gasteiger partial charge in [-0.05, 0) is 38.1 Å². The number of amides is 1. The van der Waals surface area contributed by atoms with Crippen molar-refractivity contribution in [2.24, 2.45) is 11.7 Å². The third kappa shape index (κ3) is 5.57. The van der Waals surface area contributed by atoms with Crippen LogP contribution in [0.2, 0.25) is 0 Å². The summed E-state index contributed by atoms with van der Waals surface area (Å²) in [4.78, 5) is 11.9. The molecule has 0 spiro atoms. The van der Waals surface area contributed by atoms with E-state index in [-0.39, 0.29) is 11.8 Å². The lowest BCUT2D eigenvalue weighted by molar-refractivity contribution is -0.126. The molecule has 0 aromatic carbocycles. The third-order valence-corrected chi connectivity index (χ3v) is 4.38. The first kappa shape index (κ1) is 18.4. The maximum atomic E-state index is 11.9. The van der Waals surface area contributed by atoms with Gasteiger partial charge in [-0.15, -0.1) is 0 Å². The molecule has 1 aliphatic rings. The Hall–Kier alpha value is -0.650. The Bertz CT molecular complexity index is 299. The SMILES string of the molecule is CCCCOCCOCCC1CCCC1(NCC)C(N)=O. The molecule has 0 aromatic heterocycles. The van der Waals surface area contributed by atoms with E-state index in [2.05, 4.69) is 12.2 Å². The highest BCUT2D eigenvalue weighted by Gasteiger charge is 2.46. The molecule has 0 bridgehead atoms. The van der Waals surface area contributed by atoms with Crippen LogP contribution in [0.1, 0.15) is 52.4 Å². The standard InChI is InChI=1S/C16H32N2O3/c1-3-5-10-20-12-13-21-11-8-14-7-6-9-16(14,15(17)19)18-4-2/h14,18H,3-13H2,1-2H3,(H2,17,19). The normalized spacial score (nSPS) is 25.3. The lowest BCUT2D eigenvalue weighted by Crippen LogP contribution is -2.58. The van der Waals surface area contributed by atoms with Gasteiger partial charge in [0.05, 0.1) is 13.2 Å². The highest BCUT2D eigenvalue weighted by atomic mass is 16.5. The predicted octanol–water partition coefficient (Wildman–Crippen LogP) is 1.84. The Morgan fingerprint density at radius 1 is 1.24 bits per heavy atom. The first-order chi connectivity index (χ1) is 10.2. The average Bonchev–Trinajstić information content (AvgIpc) is 2.86. The minimum absolute atomic E-state index is 0.213. The number of unbranched alkanes of at least 4 members (excludes halogenated alkanes) is 1. The number of carbonyl (C=O) groups is 1. The first-order valence-corrected chi connectivity index (χ1v) is 8.37. The van der Waals surface area contributed by atoms with Crippen LogP contribution in [0.25, 0.3) is 0 Å². The maximum Gasteiger partial charge on any atom is 0.238 e. The van der Waals surface area contributed by atoms with Crippen molar-refractivity contribution in [3.8, 4) is 0 Å². The first-order valence-electron chi connectivity index (χ1n) is 8.37.